The van der Waals surface area contributed by atoms with Crippen LogP contribution in [0.5, 0.6) is 0 Å². The Hall–Kier alpha value is -2.67. The average molecular weight is 491 g/mol. The van der Waals surface area contributed by atoms with E-state index < -0.39 is 0 Å². The number of halogens is 1. The lowest BCUT2D eigenvalue weighted by Gasteiger charge is -2.17. The van der Waals surface area contributed by atoms with E-state index in [4.69, 9.17) is 11.5 Å². The standard InChI is InChI=1S/C25H27BrN6/c26-19-12-16-8-6-15(11-20(16)31-23(19)27)5-4-14-7-9-17(10-14)32-21-3-1-2-18(21)22-24(28)29-13-30-25(22)32/h6,8,11-14,17H,1-5,7,9-10H2,(H2,27,31)(H2,28,29,30). The first-order chi connectivity index (χ1) is 15.6. The lowest BCUT2D eigenvalue weighted by molar-refractivity contribution is 0.455. The van der Waals surface area contributed by atoms with Gasteiger partial charge in [0.1, 0.15) is 23.6 Å². The Morgan fingerprint density at radius 1 is 1.06 bits per heavy atom. The van der Waals surface area contributed by atoms with Crippen LogP contribution >= 0.6 is 15.9 Å². The normalized spacial score (nSPS) is 20.4. The topological polar surface area (TPSA) is 95.6 Å². The van der Waals surface area contributed by atoms with Crippen molar-refractivity contribution in [1.82, 2.24) is 19.5 Å². The quantitative estimate of drug-likeness (QED) is 0.400. The molecule has 0 spiro atoms. The van der Waals surface area contributed by atoms with Crippen molar-refractivity contribution in [2.75, 3.05) is 11.5 Å². The molecule has 1 saturated carbocycles. The minimum Gasteiger partial charge on any atom is -0.383 e. The summed E-state index contributed by atoms with van der Waals surface area (Å²) in [5.41, 5.74) is 18.5. The fourth-order valence-corrected chi connectivity index (χ4v) is 6.25. The summed E-state index contributed by atoms with van der Waals surface area (Å²) in [7, 11) is 0. The minimum absolute atomic E-state index is 0.522. The second kappa shape index (κ2) is 7.73. The van der Waals surface area contributed by atoms with Gasteiger partial charge in [0.2, 0.25) is 0 Å². The van der Waals surface area contributed by atoms with E-state index in [0.29, 0.717) is 17.7 Å². The zero-order valence-electron chi connectivity index (χ0n) is 18.0. The van der Waals surface area contributed by atoms with Gasteiger partial charge in [0, 0.05) is 17.1 Å². The van der Waals surface area contributed by atoms with Gasteiger partial charge < -0.3 is 16.0 Å². The van der Waals surface area contributed by atoms with E-state index in [1.807, 2.05) is 6.07 Å². The van der Waals surface area contributed by atoms with Crippen LogP contribution in [0.25, 0.3) is 21.9 Å². The number of nitrogens with zero attached hydrogens (tertiary/aromatic N) is 4. The van der Waals surface area contributed by atoms with Crippen LogP contribution in [0.15, 0.2) is 35.1 Å². The van der Waals surface area contributed by atoms with E-state index >= 15 is 0 Å². The van der Waals surface area contributed by atoms with Gasteiger partial charge in [-0.3, -0.25) is 0 Å². The highest BCUT2D eigenvalue weighted by molar-refractivity contribution is 9.10. The molecule has 0 saturated heterocycles. The highest BCUT2D eigenvalue weighted by atomic mass is 79.9. The average Bonchev–Trinajstić information content (AvgIpc) is 3.49. The van der Waals surface area contributed by atoms with Crippen molar-refractivity contribution in [3.8, 4) is 0 Å². The van der Waals surface area contributed by atoms with E-state index in [-0.39, 0.29) is 0 Å². The Kier molecular flexibility index (Phi) is 4.82. The van der Waals surface area contributed by atoms with E-state index in [9.17, 15) is 0 Å². The molecule has 1 aromatic carbocycles. The van der Waals surface area contributed by atoms with Crippen molar-refractivity contribution in [1.29, 1.82) is 0 Å². The van der Waals surface area contributed by atoms with Gasteiger partial charge >= 0.3 is 0 Å². The number of anilines is 2. The molecule has 4 aromatic rings. The zero-order chi connectivity index (χ0) is 21.8. The molecule has 0 bridgehead atoms. The number of nitrogen functional groups attached to an aromatic ring is 2. The number of hydrogen-bond donors (Lipinski definition) is 2. The molecule has 6 nitrogen and oxygen atoms in total. The van der Waals surface area contributed by atoms with E-state index in [1.54, 1.807) is 6.33 Å². The Morgan fingerprint density at radius 3 is 2.88 bits per heavy atom. The minimum atomic E-state index is 0.522. The molecular formula is C25H27BrN6. The first-order valence-electron chi connectivity index (χ1n) is 11.5. The number of rotatable bonds is 4. The maximum atomic E-state index is 6.26. The van der Waals surface area contributed by atoms with Gasteiger partial charge in [0.25, 0.3) is 0 Å². The Balaban J connectivity index is 1.20. The second-order valence-corrected chi connectivity index (χ2v) is 10.2. The summed E-state index contributed by atoms with van der Waals surface area (Å²) in [6.07, 6.45) is 11.0. The molecule has 4 N–H and O–H groups in total. The predicted molar refractivity (Wildman–Crippen MR) is 133 cm³/mol. The first-order valence-corrected chi connectivity index (χ1v) is 12.3. The summed E-state index contributed by atoms with van der Waals surface area (Å²) in [6, 6.07) is 9.13. The van der Waals surface area contributed by atoms with Crippen LogP contribution in [0, 0.1) is 5.92 Å². The summed E-state index contributed by atoms with van der Waals surface area (Å²) >= 11 is 3.47. The fourth-order valence-electron chi connectivity index (χ4n) is 5.92. The van der Waals surface area contributed by atoms with Crippen LogP contribution in [0.1, 0.15) is 55.0 Å². The molecule has 2 aliphatic carbocycles. The molecule has 3 aromatic heterocycles. The molecule has 1 fully saturated rings. The second-order valence-electron chi connectivity index (χ2n) is 9.36. The van der Waals surface area contributed by atoms with Crippen LogP contribution in [-0.2, 0) is 19.3 Å². The van der Waals surface area contributed by atoms with Crippen LogP contribution in [0.2, 0.25) is 0 Å². The number of fused-ring (bicyclic) bond motifs is 4. The predicted octanol–water partition coefficient (Wildman–Crippen LogP) is 5.37. The van der Waals surface area contributed by atoms with Crippen LogP contribution in [-0.4, -0.2) is 19.5 Å². The van der Waals surface area contributed by atoms with Gasteiger partial charge in [0.05, 0.1) is 15.4 Å². The number of benzene rings is 1. The molecule has 32 heavy (non-hydrogen) atoms. The molecule has 3 heterocycles. The van der Waals surface area contributed by atoms with E-state index in [1.165, 1.54) is 48.9 Å². The first kappa shape index (κ1) is 20.0. The summed E-state index contributed by atoms with van der Waals surface area (Å²) in [4.78, 5) is 13.5. The third kappa shape index (κ3) is 3.25. The van der Waals surface area contributed by atoms with Gasteiger partial charge in [-0.05, 0) is 96.5 Å². The fraction of sp³-hybridized carbons (Fsp3) is 0.400. The number of nitrogens with two attached hydrogens (primary N) is 2. The molecule has 2 aliphatic rings. The summed E-state index contributed by atoms with van der Waals surface area (Å²) in [5.74, 6) is 1.91. The lowest BCUT2D eigenvalue weighted by atomic mass is 9.97. The number of hydrogen-bond acceptors (Lipinski definition) is 5. The highest BCUT2D eigenvalue weighted by Gasteiger charge is 2.32. The summed E-state index contributed by atoms with van der Waals surface area (Å²) < 4.78 is 3.38. The molecular weight excluding hydrogens is 464 g/mol. The number of pyridine rings is 1. The van der Waals surface area contributed by atoms with Crippen molar-refractivity contribution in [3.05, 3.63) is 51.9 Å². The van der Waals surface area contributed by atoms with Gasteiger partial charge in [-0.2, -0.15) is 0 Å². The third-order valence-electron chi connectivity index (χ3n) is 7.45. The summed E-state index contributed by atoms with van der Waals surface area (Å²) in [5, 5.41) is 2.23. The maximum absolute atomic E-state index is 6.26. The molecule has 164 valence electrons. The van der Waals surface area contributed by atoms with Crippen molar-refractivity contribution in [2.45, 2.75) is 57.4 Å². The lowest BCUT2D eigenvalue weighted by Crippen LogP contribution is -2.10. The van der Waals surface area contributed by atoms with Gasteiger partial charge in [-0.1, -0.05) is 12.1 Å². The maximum Gasteiger partial charge on any atom is 0.146 e. The monoisotopic (exact) mass is 490 g/mol. The SMILES string of the molecule is Nc1nc2cc(CCC3CCC(n4c5c(c6c(N)ncnc64)CCC5)C3)ccc2cc1Br. The smallest absolute Gasteiger partial charge is 0.146 e. The Bertz CT molecular complexity index is 1340. The molecule has 7 heteroatoms. The summed E-state index contributed by atoms with van der Waals surface area (Å²) in [6.45, 7) is 0. The van der Waals surface area contributed by atoms with Crippen molar-refractivity contribution in [3.63, 3.8) is 0 Å². The van der Waals surface area contributed by atoms with Crippen LogP contribution in [0.3, 0.4) is 0 Å². The Morgan fingerprint density at radius 2 is 1.97 bits per heavy atom. The number of aromatic nitrogens is 4. The largest absolute Gasteiger partial charge is 0.383 e. The highest BCUT2D eigenvalue weighted by Crippen LogP contribution is 2.43. The van der Waals surface area contributed by atoms with Gasteiger partial charge in [0.15, 0.2) is 0 Å². The molecule has 0 radical (unpaired) electrons. The van der Waals surface area contributed by atoms with Crippen molar-refractivity contribution >= 4 is 49.5 Å². The van der Waals surface area contributed by atoms with Crippen molar-refractivity contribution < 1.29 is 0 Å². The van der Waals surface area contributed by atoms with Crippen LogP contribution in [0.4, 0.5) is 11.6 Å². The Labute approximate surface area is 195 Å². The van der Waals surface area contributed by atoms with Crippen molar-refractivity contribution in [2.24, 2.45) is 5.92 Å². The van der Waals surface area contributed by atoms with Gasteiger partial charge in [-0.15, -0.1) is 0 Å². The number of aryl methyl sites for hydroxylation is 2. The molecule has 0 aliphatic heterocycles. The van der Waals surface area contributed by atoms with E-state index in [2.05, 4.69) is 53.6 Å². The molecule has 0 amide bonds. The molecule has 2 unspecified atom stereocenters. The third-order valence-corrected chi connectivity index (χ3v) is 8.08. The van der Waals surface area contributed by atoms with E-state index in [0.717, 1.165) is 51.6 Å². The zero-order valence-corrected chi connectivity index (χ0v) is 19.6. The van der Waals surface area contributed by atoms with Gasteiger partial charge in [-0.25, -0.2) is 15.0 Å². The molecule has 2 atom stereocenters. The van der Waals surface area contributed by atoms with Crippen LogP contribution < -0.4 is 11.5 Å². The molecule has 6 rings (SSSR count).